The Kier molecular flexibility index (Phi) is 3.40. The molecule has 2 heterocycles. The number of fused-ring (bicyclic) bond motifs is 1. The summed E-state index contributed by atoms with van der Waals surface area (Å²) in [6, 6.07) is 0. The number of carbonyl (C=O) groups excluding carboxylic acids is 1. The molecule has 15 heteroatoms. The van der Waals surface area contributed by atoms with Gasteiger partial charge < -0.3 is 5.11 Å². The molecule has 1 aromatic heterocycles. The van der Waals surface area contributed by atoms with Gasteiger partial charge in [-0.25, -0.2) is 5.43 Å². The van der Waals surface area contributed by atoms with Crippen LogP contribution in [0.2, 0.25) is 0 Å². The molecule has 0 amide bonds. The standard InChI is InChI=1S/C8H5F7N6O2/c1-2(22)3-5(23,21-4(17-16-3)18-19-20-21)6(9,10)7(11,12)8(13,14)15/h23H,1H3,(H,17,18,20). The number of anilines is 1. The molecule has 0 saturated carbocycles. The molecule has 1 unspecified atom stereocenters. The fraction of sp³-hybridized carbons (Fsp3) is 0.625. The van der Waals surface area contributed by atoms with Gasteiger partial charge in [0.1, 0.15) is 0 Å². The van der Waals surface area contributed by atoms with E-state index in [9.17, 15) is 40.6 Å². The number of hydrogen-bond donors (Lipinski definition) is 2. The van der Waals surface area contributed by atoms with Gasteiger partial charge in [0.15, 0.2) is 11.5 Å². The predicted molar refractivity (Wildman–Crippen MR) is 55.7 cm³/mol. The Morgan fingerprint density at radius 3 is 2.26 bits per heavy atom. The van der Waals surface area contributed by atoms with Crippen molar-refractivity contribution in [2.24, 2.45) is 5.10 Å². The van der Waals surface area contributed by atoms with E-state index in [0.717, 1.165) is 0 Å². The minimum Gasteiger partial charge on any atom is -0.359 e. The van der Waals surface area contributed by atoms with E-state index in [4.69, 9.17) is 0 Å². The molecule has 1 atom stereocenters. The Morgan fingerprint density at radius 2 is 1.78 bits per heavy atom. The van der Waals surface area contributed by atoms with Gasteiger partial charge in [-0.05, 0) is 10.4 Å². The number of halogens is 7. The minimum atomic E-state index is -6.74. The van der Waals surface area contributed by atoms with Crippen molar-refractivity contribution in [3.05, 3.63) is 0 Å². The Bertz CT molecular complexity index is 683. The van der Waals surface area contributed by atoms with Crippen LogP contribution in [0.1, 0.15) is 6.92 Å². The maximum Gasteiger partial charge on any atom is 0.460 e. The van der Waals surface area contributed by atoms with Crippen LogP contribution in [0.4, 0.5) is 36.7 Å². The van der Waals surface area contributed by atoms with Crippen LogP contribution >= 0.6 is 0 Å². The van der Waals surface area contributed by atoms with E-state index >= 15 is 0 Å². The van der Waals surface area contributed by atoms with Gasteiger partial charge in [0.2, 0.25) is 0 Å². The number of hydrazone groups is 1. The Morgan fingerprint density at radius 1 is 1.22 bits per heavy atom. The van der Waals surface area contributed by atoms with Crippen LogP contribution in [0.3, 0.4) is 0 Å². The fourth-order valence-corrected chi connectivity index (χ4v) is 1.76. The predicted octanol–water partition coefficient (Wildman–Crippen LogP) is 0.522. The molecule has 0 saturated heterocycles. The second-order valence-electron chi connectivity index (χ2n) is 4.36. The lowest BCUT2D eigenvalue weighted by Gasteiger charge is -2.40. The van der Waals surface area contributed by atoms with Gasteiger partial charge in [-0.2, -0.15) is 40.5 Å². The molecule has 2 rings (SSSR count). The van der Waals surface area contributed by atoms with E-state index < -0.39 is 45.9 Å². The van der Waals surface area contributed by atoms with Gasteiger partial charge in [-0.3, -0.25) is 4.79 Å². The molecule has 1 aliphatic heterocycles. The van der Waals surface area contributed by atoms with Crippen molar-refractivity contribution in [1.29, 1.82) is 0 Å². The van der Waals surface area contributed by atoms with E-state index in [1.165, 1.54) is 0 Å². The molecule has 0 radical (unpaired) electrons. The SMILES string of the molecule is CC(=O)C1=NNc2nnnn2C1(O)C(F)(F)C(F)(F)C(F)(F)F. The van der Waals surface area contributed by atoms with Crippen molar-refractivity contribution in [3.8, 4) is 0 Å². The summed E-state index contributed by atoms with van der Waals surface area (Å²) in [5, 5.41) is 21.3. The van der Waals surface area contributed by atoms with Crippen LogP contribution in [-0.4, -0.2) is 54.8 Å². The number of carbonyl (C=O) groups is 1. The zero-order valence-corrected chi connectivity index (χ0v) is 10.7. The quantitative estimate of drug-likeness (QED) is 0.770. The number of Topliss-reactive ketones (excluding diaryl/α,β-unsaturated/α-hetero) is 1. The molecule has 1 aliphatic rings. The van der Waals surface area contributed by atoms with Gasteiger partial charge in [0.05, 0.1) is 0 Å². The van der Waals surface area contributed by atoms with Crippen LogP contribution in [0.25, 0.3) is 0 Å². The van der Waals surface area contributed by atoms with Crippen molar-refractivity contribution in [1.82, 2.24) is 20.2 Å². The topological polar surface area (TPSA) is 105 Å². The first-order valence-electron chi connectivity index (χ1n) is 5.47. The summed E-state index contributed by atoms with van der Waals surface area (Å²) in [5.74, 6) is -15.5. The minimum absolute atomic E-state index is 0.476. The molecule has 8 nitrogen and oxygen atoms in total. The lowest BCUT2D eigenvalue weighted by Crippen LogP contribution is -2.69. The summed E-state index contributed by atoms with van der Waals surface area (Å²) in [6.07, 6.45) is -6.74. The average Bonchev–Trinajstić information content (AvgIpc) is 2.86. The van der Waals surface area contributed by atoms with Crippen LogP contribution in [0.5, 0.6) is 0 Å². The van der Waals surface area contributed by atoms with Crippen LogP contribution in [0, 0.1) is 0 Å². The molecule has 0 aromatic carbocycles. The number of aliphatic hydroxyl groups is 1. The van der Waals surface area contributed by atoms with Crippen molar-refractivity contribution in [2.75, 3.05) is 5.43 Å². The molecular formula is C8H5F7N6O2. The maximum atomic E-state index is 14.0. The number of hydrogen-bond acceptors (Lipinski definition) is 7. The highest BCUT2D eigenvalue weighted by Crippen LogP contribution is 2.53. The van der Waals surface area contributed by atoms with E-state index in [1.807, 2.05) is 0 Å². The maximum absolute atomic E-state index is 14.0. The normalized spacial score (nSPS) is 22.2. The van der Waals surface area contributed by atoms with E-state index in [0.29, 0.717) is 6.92 Å². The third-order valence-electron chi connectivity index (χ3n) is 2.90. The number of tetrazole rings is 1. The molecule has 1 aromatic rings. The van der Waals surface area contributed by atoms with Crippen LogP contribution < -0.4 is 5.43 Å². The van der Waals surface area contributed by atoms with Crippen molar-refractivity contribution in [2.45, 2.75) is 30.7 Å². The second-order valence-corrected chi connectivity index (χ2v) is 4.36. The summed E-state index contributed by atoms with van der Waals surface area (Å²) < 4.78 is 91.2. The number of rotatable bonds is 3. The molecule has 2 N–H and O–H groups in total. The molecule has 0 bridgehead atoms. The number of nitrogens with one attached hydrogen (secondary N) is 1. The van der Waals surface area contributed by atoms with Gasteiger partial charge in [0.25, 0.3) is 11.7 Å². The van der Waals surface area contributed by atoms with Crippen molar-refractivity contribution >= 4 is 17.4 Å². The highest BCUT2D eigenvalue weighted by molar-refractivity contribution is 6.41. The number of ketones is 1. The van der Waals surface area contributed by atoms with E-state index in [-0.39, 0.29) is 0 Å². The van der Waals surface area contributed by atoms with Crippen LogP contribution in [0.15, 0.2) is 5.10 Å². The Hall–Kier alpha value is -2.32. The Balaban J connectivity index is 2.76. The van der Waals surface area contributed by atoms with Gasteiger partial charge in [-0.15, -0.1) is 0 Å². The lowest BCUT2D eigenvalue weighted by atomic mass is 9.91. The fourth-order valence-electron chi connectivity index (χ4n) is 1.76. The van der Waals surface area contributed by atoms with Gasteiger partial charge >= 0.3 is 18.0 Å². The first-order valence-corrected chi connectivity index (χ1v) is 5.47. The number of alkyl halides is 7. The summed E-state index contributed by atoms with van der Waals surface area (Å²) in [4.78, 5) is 11.3. The second kappa shape index (κ2) is 4.59. The van der Waals surface area contributed by atoms with Gasteiger partial charge in [0, 0.05) is 6.92 Å². The average molecular weight is 350 g/mol. The third kappa shape index (κ3) is 1.98. The summed E-state index contributed by atoms with van der Waals surface area (Å²) in [6.45, 7) is 0.517. The monoisotopic (exact) mass is 350 g/mol. The van der Waals surface area contributed by atoms with Crippen LogP contribution in [-0.2, 0) is 10.5 Å². The first-order chi connectivity index (χ1) is 10.3. The summed E-state index contributed by atoms with van der Waals surface area (Å²) in [5.41, 5.74) is -4.53. The molecule has 0 spiro atoms. The smallest absolute Gasteiger partial charge is 0.359 e. The molecule has 128 valence electrons. The van der Waals surface area contributed by atoms with Crippen molar-refractivity contribution < 1.29 is 40.6 Å². The van der Waals surface area contributed by atoms with E-state index in [2.05, 4.69) is 20.6 Å². The van der Waals surface area contributed by atoms with Crippen molar-refractivity contribution in [3.63, 3.8) is 0 Å². The highest BCUT2D eigenvalue weighted by Gasteiger charge is 2.83. The molecule has 0 aliphatic carbocycles. The van der Waals surface area contributed by atoms with Gasteiger partial charge in [-0.1, -0.05) is 5.10 Å². The molecular weight excluding hydrogens is 345 g/mol. The highest BCUT2D eigenvalue weighted by atomic mass is 19.4. The summed E-state index contributed by atoms with van der Waals surface area (Å²) in [7, 11) is 0. The molecule has 0 fully saturated rings. The first kappa shape index (κ1) is 17.0. The molecule has 23 heavy (non-hydrogen) atoms. The largest absolute Gasteiger partial charge is 0.460 e. The van der Waals surface area contributed by atoms with E-state index in [1.54, 1.807) is 5.43 Å². The third-order valence-corrected chi connectivity index (χ3v) is 2.90. The Labute approximate surface area is 120 Å². The number of nitrogens with zero attached hydrogens (tertiary/aromatic N) is 5. The zero-order chi connectivity index (χ0) is 17.8. The lowest BCUT2D eigenvalue weighted by molar-refractivity contribution is -0.391. The zero-order valence-electron chi connectivity index (χ0n) is 10.7. The summed E-state index contributed by atoms with van der Waals surface area (Å²) >= 11 is 0. The number of aromatic nitrogens is 4.